The topological polar surface area (TPSA) is 85.1 Å². The zero-order chi connectivity index (χ0) is 14.8. The third-order valence-electron chi connectivity index (χ3n) is 2.85. The van der Waals surface area contributed by atoms with Crippen molar-refractivity contribution in [2.45, 2.75) is 17.9 Å². The molecular formula is C13H14FN3O2S. The molecule has 0 radical (unpaired) electrons. The van der Waals surface area contributed by atoms with Gasteiger partial charge in [0.05, 0.1) is 10.6 Å². The van der Waals surface area contributed by atoms with Gasteiger partial charge in [-0.2, -0.15) is 0 Å². The zero-order valence-electron chi connectivity index (χ0n) is 10.7. The predicted molar refractivity (Wildman–Crippen MR) is 74.0 cm³/mol. The minimum absolute atomic E-state index is 0.146. The second-order valence-corrected chi connectivity index (χ2v) is 5.89. The SMILES string of the molecule is CC(Nc1ccc(S(N)(=O)=O)cc1F)c1ccncc1. The number of nitrogens with one attached hydrogen (secondary N) is 1. The molecule has 7 heteroatoms. The largest absolute Gasteiger partial charge is 0.376 e. The molecule has 1 atom stereocenters. The van der Waals surface area contributed by atoms with Crippen LogP contribution in [0, 0.1) is 5.82 Å². The summed E-state index contributed by atoms with van der Waals surface area (Å²) >= 11 is 0. The molecule has 3 N–H and O–H groups in total. The Morgan fingerprint density at radius 3 is 2.45 bits per heavy atom. The van der Waals surface area contributed by atoms with Crippen molar-refractivity contribution in [3.8, 4) is 0 Å². The van der Waals surface area contributed by atoms with Crippen molar-refractivity contribution in [3.05, 3.63) is 54.1 Å². The number of halogens is 1. The number of sulfonamides is 1. The molecule has 1 unspecified atom stereocenters. The molecule has 0 aliphatic carbocycles. The van der Waals surface area contributed by atoms with E-state index in [-0.39, 0.29) is 16.6 Å². The first-order chi connectivity index (χ1) is 9.38. The maximum absolute atomic E-state index is 13.9. The van der Waals surface area contributed by atoms with Gasteiger partial charge in [0.25, 0.3) is 0 Å². The van der Waals surface area contributed by atoms with E-state index in [1.54, 1.807) is 12.4 Å². The van der Waals surface area contributed by atoms with Crippen LogP contribution in [0.2, 0.25) is 0 Å². The van der Waals surface area contributed by atoms with Crippen LogP contribution < -0.4 is 10.5 Å². The molecule has 0 bridgehead atoms. The fourth-order valence-electron chi connectivity index (χ4n) is 1.76. The van der Waals surface area contributed by atoms with Gasteiger partial charge in [-0.15, -0.1) is 0 Å². The standard InChI is InChI=1S/C13H14FN3O2S/c1-9(10-4-6-16-7-5-10)17-13-3-2-11(8-12(13)14)20(15,18)19/h2-9,17H,1H3,(H2,15,18,19). The summed E-state index contributed by atoms with van der Waals surface area (Å²) in [5, 5.41) is 7.91. The monoisotopic (exact) mass is 295 g/mol. The molecule has 1 aromatic heterocycles. The van der Waals surface area contributed by atoms with Crippen molar-refractivity contribution < 1.29 is 12.8 Å². The van der Waals surface area contributed by atoms with E-state index < -0.39 is 15.8 Å². The molecule has 1 heterocycles. The summed E-state index contributed by atoms with van der Waals surface area (Å²) in [6.45, 7) is 1.86. The zero-order valence-corrected chi connectivity index (χ0v) is 11.6. The number of hydrogen-bond donors (Lipinski definition) is 2. The van der Waals surface area contributed by atoms with Crippen LogP contribution in [0.3, 0.4) is 0 Å². The first-order valence-corrected chi connectivity index (χ1v) is 7.41. The molecular weight excluding hydrogens is 281 g/mol. The highest BCUT2D eigenvalue weighted by atomic mass is 32.2. The van der Waals surface area contributed by atoms with Crippen molar-refractivity contribution in [3.63, 3.8) is 0 Å². The van der Waals surface area contributed by atoms with Crippen molar-refractivity contribution in [1.82, 2.24) is 4.98 Å². The Kier molecular flexibility index (Phi) is 4.01. The summed E-state index contributed by atoms with van der Waals surface area (Å²) in [5.41, 5.74) is 1.15. The van der Waals surface area contributed by atoms with Crippen LogP contribution in [0.4, 0.5) is 10.1 Å². The molecule has 0 aliphatic heterocycles. The Bertz CT molecular complexity index is 705. The average molecular weight is 295 g/mol. The quantitative estimate of drug-likeness (QED) is 0.904. The molecule has 0 saturated carbocycles. The number of primary sulfonamides is 1. The van der Waals surface area contributed by atoms with Crippen LogP contribution in [0.15, 0.2) is 47.6 Å². The summed E-state index contributed by atoms with van der Waals surface area (Å²) in [5.74, 6) is -0.669. The van der Waals surface area contributed by atoms with Crippen LogP contribution >= 0.6 is 0 Å². The highest BCUT2D eigenvalue weighted by Crippen LogP contribution is 2.23. The lowest BCUT2D eigenvalue weighted by atomic mass is 10.1. The normalized spacial score (nSPS) is 12.9. The number of anilines is 1. The lowest BCUT2D eigenvalue weighted by Gasteiger charge is -2.16. The van der Waals surface area contributed by atoms with Crippen molar-refractivity contribution >= 4 is 15.7 Å². The summed E-state index contributed by atoms with van der Waals surface area (Å²) in [7, 11) is -3.90. The molecule has 0 fully saturated rings. The van der Waals surface area contributed by atoms with Gasteiger partial charge < -0.3 is 5.32 Å². The first kappa shape index (κ1) is 14.4. The van der Waals surface area contributed by atoms with Crippen LogP contribution in [-0.2, 0) is 10.0 Å². The highest BCUT2D eigenvalue weighted by molar-refractivity contribution is 7.89. The third kappa shape index (κ3) is 3.31. The van der Waals surface area contributed by atoms with Crippen molar-refractivity contribution in [1.29, 1.82) is 0 Å². The van der Waals surface area contributed by atoms with Gasteiger partial charge in [-0.05, 0) is 42.8 Å². The van der Waals surface area contributed by atoms with E-state index in [0.29, 0.717) is 0 Å². The summed E-state index contributed by atoms with van der Waals surface area (Å²) in [4.78, 5) is 3.66. The number of aromatic nitrogens is 1. The van der Waals surface area contributed by atoms with E-state index >= 15 is 0 Å². The summed E-state index contributed by atoms with van der Waals surface area (Å²) < 4.78 is 36.1. The fraction of sp³-hybridized carbons (Fsp3) is 0.154. The maximum atomic E-state index is 13.9. The molecule has 106 valence electrons. The van der Waals surface area contributed by atoms with E-state index in [4.69, 9.17) is 5.14 Å². The van der Waals surface area contributed by atoms with E-state index in [1.165, 1.54) is 12.1 Å². The summed E-state index contributed by atoms with van der Waals surface area (Å²) in [6.07, 6.45) is 3.29. The predicted octanol–water partition coefficient (Wildman–Crippen LogP) is 2.04. The van der Waals surface area contributed by atoms with Gasteiger partial charge in [0.1, 0.15) is 5.82 Å². The van der Waals surface area contributed by atoms with Gasteiger partial charge in [-0.3, -0.25) is 4.98 Å². The Morgan fingerprint density at radius 1 is 1.25 bits per heavy atom. The minimum Gasteiger partial charge on any atom is -0.376 e. The van der Waals surface area contributed by atoms with Crippen molar-refractivity contribution in [2.24, 2.45) is 5.14 Å². The van der Waals surface area contributed by atoms with Gasteiger partial charge in [0.15, 0.2) is 0 Å². The lowest BCUT2D eigenvalue weighted by Crippen LogP contribution is -2.13. The fourth-order valence-corrected chi connectivity index (χ4v) is 2.28. The number of benzene rings is 1. The van der Waals surface area contributed by atoms with E-state index in [2.05, 4.69) is 10.3 Å². The van der Waals surface area contributed by atoms with E-state index in [0.717, 1.165) is 11.6 Å². The Labute approximate surface area is 116 Å². The number of nitrogens with two attached hydrogens (primary N) is 1. The smallest absolute Gasteiger partial charge is 0.238 e. The van der Waals surface area contributed by atoms with Gasteiger partial charge in [-0.1, -0.05) is 0 Å². The number of nitrogens with zero attached hydrogens (tertiary/aromatic N) is 1. The minimum atomic E-state index is -3.90. The Hall–Kier alpha value is -1.99. The second-order valence-electron chi connectivity index (χ2n) is 4.33. The highest BCUT2D eigenvalue weighted by Gasteiger charge is 2.13. The molecule has 2 aromatic rings. The number of pyridine rings is 1. The van der Waals surface area contributed by atoms with E-state index in [9.17, 15) is 12.8 Å². The molecule has 0 aliphatic rings. The van der Waals surface area contributed by atoms with E-state index in [1.807, 2.05) is 19.1 Å². The van der Waals surface area contributed by atoms with Crippen LogP contribution in [0.1, 0.15) is 18.5 Å². The van der Waals surface area contributed by atoms with Crippen LogP contribution in [0.5, 0.6) is 0 Å². The van der Waals surface area contributed by atoms with Gasteiger partial charge in [-0.25, -0.2) is 17.9 Å². The van der Waals surface area contributed by atoms with Gasteiger partial charge in [0, 0.05) is 18.4 Å². The molecule has 0 spiro atoms. The molecule has 5 nitrogen and oxygen atoms in total. The van der Waals surface area contributed by atoms with Crippen LogP contribution in [-0.4, -0.2) is 13.4 Å². The van der Waals surface area contributed by atoms with Crippen molar-refractivity contribution in [2.75, 3.05) is 5.32 Å². The van der Waals surface area contributed by atoms with Gasteiger partial charge >= 0.3 is 0 Å². The second kappa shape index (κ2) is 5.56. The van der Waals surface area contributed by atoms with Crippen LogP contribution in [0.25, 0.3) is 0 Å². The first-order valence-electron chi connectivity index (χ1n) is 5.87. The molecule has 20 heavy (non-hydrogen) atoms. The van der Waals surface area contributed by atoms with Gasteiger partial charge in [0.2, 0.25) is 10.0 Å². The Morgan fingerprint density at radius 2 is 1.90 bits per heavy atom. The molecule has 0 saturated heterocycles. The lowest BCUT2D eigenvalue weighted by molar-refractivity contribution is 0.592. The molecule has 1 aromatic carbocycles. The molecule has 2 rings (SSSR count). The third-order valence-corrected chi connectivity index (χ3v) is 3.76. The maximum Gasteiger partial charge on any atom is 0.238 e. The number of rotatable bonds is 4. The average Bonchev–Trinajstić information content (AvgIpc) is 2.41. The number of hydrogen-bond acceptors (Lipinski definition) is 4. The summed E-state index contributed by atoms with van der Waals surface area (Å²) in [6, 6.07) is 7.00. The Balaban J connectivity index is 2.23. The molecule has 0 amide bonds.